The molecule has 1 fully saturated rings. The van der Waals surface area contributed by atoms with E-state index in [4.69, 9.17) is 0 Å². The minimum Gasteiger partial charge on any atom is -0.356 e. The second kappa shape index (κ2) is 9.84. The molecule has 138 valence electrons. The van der Waals surface area contributed by atoms with Gasteiger partial charge in [-0.05, 0) is 47.6 Å². The average Bonchev–Trinajstić information content (AvgIpc) is 3.05. The Bertz CT molecular complexity index is 505. The van der Waals surface area contributed by atoms with Gasteiger partial charge >= 0.3 is 6.18 Å². The van der Waals surface area contributed by atoms with Crippen molar-refractivity contribution in [3.05, 3.63) is 22.4 Å². The molecule has 1 aromatic heterocycles. The van der Waals surface area contributed by atoms with Crippen LogP contribution in [0.25, 0.3) is 0 Å². The highest BCUT2D eigenvalue weighted by atomic mass is 127. The SMILES string of the molecule is CN=C(NCC(C)c1ccsc1)NC1CCCC(C(F)(F)F)C1.I. The van der Waals surface area contributed by atoms with Crippen molar-refractivity contribution >= 4 is 41.3 Å². The van der Waals surface area contributed by atoms with Crippen molar-refractivity contribution in [3.8, 4) is 0 Å². The molecule has 0 spiro atoms. The van der Waals surface area contributed by atoms with Crippen LogP contribution < -0.4 is 10.6 Å². The van der Waals surface area contributed by atoms with Crippen molar-refractivity contribution in [2.24, 2.45) is 10.9 Å². The fraction of sp³-hybridized carbons (Fsp3) is 0.688. The van der Waals surface area contributed by atoms with Crippen molar-refractivity contribution < 1.29 is 13.2 Å². The molecule has 24 heavy (non-hydrogen) atoms. The van der Waals surface area contributed by atoms with E-state index in [0.29, 0.717) is 24.8 Å². The van der Waals surface area contributed by atoms with Gasteiger partial charge in [-0.3, -0.25) is 4.99 Å². The summed E-state index contributed by atoms with van der Waals surface area (Å²) in [7, 11) is 1.65. The highest BCUT2D eigenvalue weighted by Gasteiger charge is 2.42. The van der Waals surface area contributed by atoms with Crippen molar-refractivity contribution in [2.75, 3.05) is 13.6 Å². The van der Waals surface area contributed by atoms with Crippen LogP contribution in [0.5, 0.6) is 0 Å². The van der Waals surface area contributed by atoms with E-state index in [1.165, 1.54) is 5.56 Å². The maximum Gasteiger partial charge on any atom is 0.391 e. The predicted molar refractivity (Wildman–Crippen MR) is 104 cm³/mol. The Morgan fingerprint density at radius 2 is 2.17 bits per heavy atom. The smallest absolute Gasteiger partial charge is 0.356 e. The molecule has 1 heterocycles. The van der Waals surface area contributed by atoms with Gasteiger partial charge in [-0.15, -0.1) is 24.0 Å². The molecular formula is C16H25F3IN3S. The summed E-state index contributed by atoms with van der Waals surface area (Å²) in [5.41, 5.74) is 1.26. The number of aliphatic imine (C=N–C) groups is 1. The maximum absolute atomic E-state index is 12.9. The number of nitrogens with one attached hydrogen (secondary N) is 2. The van der Waals surface area contributed by atoms with Gasteiger partial charge in [0.15, 0.2) is 5.96 Å². The van der Waals surface area contributed by atoms with Crippen LogP contribution in [0.3, 0.4) is 0 Å². The van der Waals surface area contributed by atoms with Crippen LogP contribution in [0, 0.1) is 5.92 Å². The lowest BCUT2D eigenvalue weighted by Gasteiger charge is -2.32. The van der Waals surface area contributed by atoms with Crippen molar-refractivity contribution in [1.29, 1.82) is 0 Å². The highest BCUT2D eigenvalue weighted by Crippen LogP contribution is 2.37. The van der Waals surface area contributed by atoms with E-state index < -0.39 is 12.1 Å². The van der Waals surface area contributed by atoms with Gasteiger partial charge in [-0.25, -0.2) is 0 Å². The third-order valence-electron chi connectivity index (χ3n) is 4.39. The molecule has 0 aliphatic heterocycles. The number of halogens is 4. The minimum absolute atomic E-state index is 0. The van der Waals surface area contributed by atoms with Crippen LogP contribution in [-0.2, 0) is 0 Å². The molecule has 3 unspecified atom stereocenters. The quantitative estimate of drug-likeness (QED) is 0.375. The van der Waals surface area contributed by atoms with Gasteiger partial charge in [0.25, 0.3) is 0 Å². The summed E-state index contributed by atoms with van der Waals surface area (Å²) in [4.78, 5) is 4.14. The highest BCUT2D eigenvalue weighted by molar-refractivity contribution is 14.0. The number of rotatable bonds is 4. The Morgan fingerprint density at radius 1 is 1.42 bits per heavy atom. The Morgan fingerprint density at radius 3 is 2.75 bits per heavy atom. The van der Waals surface area contributed by atoms with Gasteiger partial charge in [0, 0.05) is 19.6 Å². The number of guanidine groups is 1. The van der Waals surface area contributed by atoms with E-state index in [1.54, 1.807) is 18.4 Å². The number of hydrogen-bond acceptors (Lipinski definition) is 2. The summed E-state index contributed by atoms with van der Waals surface area (Å²) < 4.78 is 38.6. The molecule has 3 nitrogen and oxygen atoms in total. The molecule has 1 aliphatic carbocycles. The summed E-state index contributed by atoms with van der Waals surface area (Å²) in [5.74, 6) is -0.287. The fourth-order valence-corrected chi connectivity index (χ4v) is 3.71. The van der Waals surface area contributed by atoms with Gasteiger partial charge in [0.05, 0.1) is 5.92 Å². The molecule has 0 radical (unpaired) electrons. The first-order valence-corrected chi connectivity index (χ1v) is 8.90. The molecule has 3 atom stereocenters. The topological polar surface area (TPSA) is 36.4 Å². The van der Waals surface area contributed by atoms with E-state index in [1.807, 2.05) is 5.38 Å². The van der Waals surface area contributed by atoms with Crippen molar-refractivity contribution in [1.82, 2.24) is 10.6 Å². The van der Waals surface area contributed by atoms with Crippen LogP contribution in [0.15, 0.2) is 21.8 Å². The van der Waals surface area contributed by atoms with E-state index in [9.17, 15) is 13.2 Å². The van der Waals surface area contributed by atoms with Gasteiger partial charge < -0.3 is 10.6 Å². The number of alkyl halides is 3. The lowest BCUT2D eigenvalue weighted by atomic mass is 9.85. The maximum atomic E-state index is 12.9. The molecule has 1 aliphatic rings. The Balaban J connectivity index is 0.00000288. The fourth-order valence-electron chi connectivity index (χ4n) is 2.93. The van der Waals surface area contributed by atoms with Crippen LogP contribution >= 0.6 is 35.3 Å². The summed E-state index contributed by atoms with van der Waals surface area (Å²) in [5, 5.41) is 10.5. The van der Waals surface area contributed by atoms with Crippen LogP contribution in [0.1, 0.15) is 44.1 Å². The molecule has 2 rings (SSSR count). The number of thiophene rings is 1. The van der Waals surface area contributed by atoms with E-state index in [-0.39, 0.29) is 42.9 Å². The standard InChI is InChI=1S/C16H24F3N3S.HI/c1-11(12-6-7-23-10-12)9-21-15(20-2)22-14-5-3-4-13(8-14)16(17,18)19;/h6-7,10-11,13-14H,3-5,8-9H2,1-2H3,(H2,20,21,22);1H. The number of hydrogen-bond donors (Lipinski definition) is 2. The average molecular weight is 475 g/mol. The van der Waals surface area contributed by atoms with Gasteiger partial charge in [-0.2, -0.15) is 24.5 Å². The first-order valence-electron chi connectivity index (χ1n) is 7.96. The van der Waals surface area contributed by atoms with Gasteiger partial charge in [0.1, 0.15) is 0 Å². The number of nitrogens with zero attached hydrogens (tertiary/aromatic N) is 1. The zero-order valence-corrected chi connectivity index (χ0v) is 17.0. The summed E-state index contributed by atoms with van der Waals surface area (Å²) in [6.07, 6.45) is -2.37. The zero-order chi connectivity index (χ0) is 16.9. The summed E-state index contributed by atoms with van der Waals surface area (Å²) in [6, 6.07) is 1.92. The first kappa shape index (κ1) is 21.5. The summed E-state index contributed by atoms with van der Waals surface area (Å²) in [6.45, 7) is 2.81. The van der Waals surface area contributed by atoms with E-state index in [2.05, 4.69) is 34.0 Å². The van der Waals surface area contributed by atoms with Crippen LogP contribution in [0.2, 0.25) is 0 Å². The van der Waals surface area contributed by atoms with E-state index >= 15 is 0 Å². The van der Waals surface area contributed by atoms with Gasteiger partial charge in [-0.1, -0.05) is 13.3 Å². The third-order valence-corrected chi connectivity index (χ3v) is 5.09. The lowest BCUT2D eigenvalue weighted by Crippen LogP contribution is -2.47. The molecule has 0 aromatic carbocycles. The zero-order valence-electron chi connectivity index (χ0n) is 13.9. The Kier molecular flexibility index (Phi) is 8.83. The molecule has 0 saturated heterocycles. The lowest BCUT2D eigenvalue weighted by molar-refractivity contribution is -0.183. The Hall–Kier alpha value is -0.510. The Labute approximate surface area is 162 Å². The minimum atomic E-state index is -4.09. The molecule has 0 amide bonds. The second-order valence-electron chi connectivity index (χ2n) is 6.16. The normalized spacial score (nSPS) is 23.3. The summed E-state index contributed by atoms with van der Waals surface area (Å²) >= 11 is 1.66. The largest absolute Gasteiger partial charge is 0.391 e. The second-order valence-corrected chi connectivity index (χ2v) is 6.94. The molecular weight excluding hydrogens is 450 g/mol. The molecule has 1 aromatic rings. The third kappa shape index (κ3) is 6.42. The predicted octanol–water partition coefficient (Wildman–Crippen LogP) is 4.76. The molecule has 8 heteroatoms. The molecule has 2 N–H and O–H groups in total. The van der Waals surface area contributed by atoms with Crippen LogP contribution in [0.4, 0.5) is 13.2 Å². The molecule has 1 saturated carbocycles. The van der Waals surface area contributed by atoms with Crippen molar-refractivity contribution in [2.45, 2.75) is 50.7 Å². The van der Waals surface area contributed by atoms with Gasteiger partial charge in [0.2, 0.25) is 0 Å². The van der Waals surface area contributed by atoms with E-state index in [0.717, 1.165) is 6.42 Å². The van der Waals surface area contributed by atoms with Crippen LogP contribution in [-0.4, -0.2) is 31.8 Å². The monoisotopic (exact) mass is 475 g/mol. The molecule has 0 bridgehead atoms. The first-order chi connectivity index (χ1) is 10.9. The van der Waals surface area contributed by atoms with Crippen molar-refractivity contribution in [3.63, 3.8) is 0 Å².